The van der Waals surface area contributed by atoms with Gasteiger partial charge in [-0.25, -0.2) is 4.39 Å². The summed E-state index contributed by atoms with van der Waals surface area (Å²) in [6.07, 6.45) is 0. The molecule has 0 amide bonds. The van der Waals surface area contributed by atoms with Crippen LogP contribution in [0.15, 0.2) is 24.3 Å². The Labute approximate surface area is 109 Å². The average Bonchev–Trinajstić information content (AvgIpc) is 2.34. The lowest BCUT2D eigenvalue weighted by molar-refractivity contribution is 0.147. The summed E-state index contributed by atoms with van der Waals surface area (Å²) in [7, 11) is 0. The average molecular weight is 259 g/mol. The minimum atomic E-state index is -0.303. The number of nitrogens with one attached hydrogen (secondary N) is 1. The predicted molar refractivity (Wildman–Crippen MR) is 71.6 cm³/mol. The standard InChI is InChI=1S/C13H19FN2.ClH/c1-11-2-4-12(5-3-11)13(10-14)16-8-6-15-7-9-16;/h2-5,13,15H,6-10H2,1H3;1H/t13-;/m0./s1. The molecule has 4 heteroatoms. The van der Waals surface area contributed by atoms with Gasteiger partial charge in [0.25, 0.3) is 0 Å². The van der Waals surface area contributed by atoms with Crippen molar-refractivity contribution in [1.82, 2.24) is 10.2 Å². The molecule has 1 aliphatic rings. The van der Waals surface area contributed by atoms with Gasteiger partial charge in [0.1, 0.15) is 6.67 Å². The van der Waals surface area contributed by atoms with Crippen molar-refractivity contribution < 1.29 is 4.39 Å². The van der Waals surface area contributed by atoms with Gasteiger partial charge in [0, 0.05) is 26.2 Å². The van der Waals surface area contributed by atoms with E-state index in [1.165, 1.54) is 5.56 Å². The lowest BCUT2D eigenvalue weighted by Gasteiger charge is -2.33. The number of halogens is 2. The largest absolute Gasteiger partial charge is 0.314 e. The number of aryl methyl sites for hydroxylation is 1. The molecule has 0 saturated carbocycles. The minimum absolute atomic E-state index is 0. The molecular formula is C13H20ClFN2. The van der Waals surface area contributed by atoms with Crippen molar-refractivity contribution in [3.63, 3.8) is 0 Å². The van der Waals surface area contributed by atoms with Gasteiger partial charge in [0.2, 0.25) is 0 Å². The van der Waals surface area contributed by atoms with E-state index in [-0.39, 0.29) is 25.1 Å². The Morgan fingerprint density at radius 2 is 1.82 bits per heavy atom. The molecule has 0 radical (unpaired) electrons. The van der Waals surface area contributed by atoms with E-state index in [1.54, 1.807) is 0 Å². The molecule has 1 fully saturated rings. The molecule has 1 N–H and O–H groups in total. The smallest absolute Gasteiger partial charge is 0.109 e. The Morgan fingerprint density at radius 1 is 1.24 bits per heavy atom. The summed E-state index contributed by atoms with van der Waals surface area (Å²) in [6.45, 7) is 5.54. The highest BCUT2D eigenvalue weighted by Gasteiger charge is 2.21. The number of rotatable bonds is 3. The summed E-state index contributed by atoms with van der Waals surface area (Å²) < 4.78 is 13.2. The van der Waals surface area contributed by atoms with Crippen molar-refractivity contribution in [2.24, 2.45) is 0 Å². The van der Waals surface area contributed by atoms with Crippen LogP contribution in [0.3, 0.4) is 0 Å². The van der Waals surface area contributed by atoms with E-state index in [9.17, 15) is 4.39 Å². The fourth-order valence-corrected chi connectivity index (χ4v) is 2.18. The number of piperazine rings is 1. The lowest BCUT2D eigenvalue weighted by atomic mass is 10.0. The van der Waals surface area contributed by atoms with Gasteiger partial charge in [0.05, 0.1) is 6.04 Å². The number of hydrogen-bond acceptors (Lipinski definition) is 2. The van der Waals surface area contributed by atoms with E-state index in [2.05, 4.69) is 29.3 Å². The van der Waals surface area contributed by atoms with Gasteiger partial charge in [-0.2, -0.15) is 0 Å². The van der Waals surface area contributed by atoms with Crippen molar-refractivity contribution in [2.75, 3.05) is 32.9 Å². The number of benzene rings is 1. The summed E-state index contributed by atoms with van der Waals surface area (Å²) in [6, 6.07) is 8.13. The molecule has 2 nitrogen and oxygen atoms in total. The SMILES string of the molecule is Cc1ccc([C@H](CF)N2CCNCC2)cc1.Cl. The zero-order valence-corrected chi connectivity index (χ0v) is 11.0. The molecule has 96 valence electrons. The van der Waals surface area contributed by atoms with Crippen LogP contribution in [0.25, 0.3) is 0 Å². The third kappa shape index (κ3) is 3.66. The van der Waals surface area contributed by atoms with Gasteiger partial charge >= 0.3 is 0 Å². The van der Waals surface area contributed by atoms with Crippen LogP contribution in [0.2, 0.25) is 0 Å². The maximum absolute atomic E-state index is 13.2. The molecule has 1 aliphatic heterocycles. The molecule has 0 spiro atoms. The quantitative estimate of drug-likeness (QED) is 0.895. The molecule has 1 aromatic rings. The first-order valence-electron chi connectivity index (χ1n) is 5.88. The Bertz CT molecular complexity index is 323. The first-order valence-corrected chi connectivity index (χ1v) is 5.88. The minimum Gasteiger partial charge on any atom is -0.314 e. The molecule has 0 aromatic heterocycles. The van der Waals surface area contributed by atoms with Gasteiger partial charge in [-0.1, -0.05) is 29.8 Å². The van der Waals surface area contributed by atoms with Crippen LogP contribution in [0.5, 0.6) is 0 Å². The predicted octanol–water partition coefficient (Wildman–Crippen LogP) is 2.33. The first kappa shape index (κ1) is 14.4. The lowest BCUT2D eigenvalue weighted by Crippen LogP contribution is -2.45. The summed E-state index contributed by atoms with van der Waals surface area (Å²) in [5.74, 6) is 0. The maximum Gasteiger partial charge on any atom is 0.109 e. The summed E-state index contributed by atoms with van der Waals surface area (Å²) in [4.78, 5) is 2.22. The van der Waals surface area contributed by atoms with Crippen molar-refractivity contribution in [3.8, 4) is 0 Å². The molecule has 0 unspecified atom stereocenters. The fraction of sp³-hybridized carbons (Fsp3) is 0.538. The summed E-state index contributed by atoms with van der Waals surface area (Å²) in [5.41, 5.74) is 2.32. The second kappa shape index (κ2) is 6.94. The van der Waals surface area contributed by atoms with E-state index in [0.29, 0.717) is 0 Å². The fourth-order valence-electron chi connectivity index (χ4n) is 2.18. The molecule has 1 atom stereocenters. The van der Waals surface area contributed by atoms with Gasteiger partial charge in [-0.05, 0) is 12.5 Å². The van der Waals surface area contributed by atoms with Gasteiger partial charge in [-0.3, -0.25) is 4.90 Å². The summed E-state index contributed by atoms with van der Waals surface area (Å²) >= 11 is 0. The molecule has 17 heavy (non-hydrogen) atoms. The molecule has 0 aliphatic carbocycles. The Hall–Kier alpha value is -0.640. The normalized spacial score (nSPS) is 18.5. The van der Waals surface area contributed by atoms with E-state index in [4.69, 9.17) is 0 Å². The van der Waals surface area contributed by atoms with Gasteiger partial charge < -0.3 is 5.32 Å². The molecule has 1 saturated heterocycles. The highest BCUT2D eigenvalue weighted by atomic mass is 35.5. The van der Waals surface area contributed by atoms with Crippen molar-refractivity contribution >= 4 is 12.4 Å². The van der Waals surface area contributed by atoms with Crippen LogP contribution in [0, 0.1) is 6.92 Å². The molecule has 1 heterocycles. The number of alkyl halides is 1. The van der Waals surface area contributed by atoms with Crippen molar-refractivity contribution in [1.29, 1.82) is 0 Å². The van der Waals surface area contributed by atoms with Crippen molar-refractivity contribution in [3.05, 3.63) is 35.4 Å². The van der Waals surface area contributed by atoms with Crippen LogP contribution in [-0.4, -0.2) is 37.8 Å². The van der Waals surface area contributed by atoms with E-state index >= 15 is 0 Å². The zero-order valence-electron chi connectivity index (χ0n) is 10.2. The monoisotopic (exact) mass is 258 g/mol. The van der Waals surface area contributed by atoms with Crippen LogP contribution in [-0.2, 0) is 0 Å². The second-order valence-electron chi connectivity index (χ2n) is 4.37. The molecule has 0 bridgehead atoms. The van der Waals surface area contributed by atoms with E-state index in [0.717, 1.165) is 31.7 Å². The molecule has 2 rings (SSSR count). The first-order chi connectivity index (χ1) is 7.81. The van der Waals surface area contributed by atoms with Crippen LogP contribution in [0.4, 0.5) is 4.39 Å². The Morgan fingerprint density at radius 3 is 2.35 bits per heavy atom. The van der Waals surface area contributed by atoms with Crippen molar-refractivity contribution in [2.45, 2.75) is 13.0 Å². The van der Waals surface area contributed by atoms with E-state index < -0.39 is 0 Å². The Kier molecular flexibility index (Phi) is 5.89. The number of hydrogen-bond donors (Lipinski definition) is 1. The molecular weight excluding hydrogens is 239 g/mol. The van der Waals surface area contributed by atoms with Gasteiger partial charge in [-0.15, -0.1) is 12.4 Å². The number of nitrogens with zero attached hydrogens (tertiary/aromatic N) is 1. The Balaban J connectivity index is 0.00000144. The topological polar surface area (TPSA) is 15.3 Å². The van der Waals surface area contributed by atoms with Gasteiger partial charge in [0.15, 0.2) is 0 Å². The molecule has 1 aromatic carbocycles. The maximum atomic E-state index is 13.2. The van der Waals surface area contributed by atoms with Crippen LogP contribution in [0.1, 0.15) is 17.2 Å². The summed E-state index contributed by atoms with van der Waals surface area (Å²) in [5, 5.41) is 3.29. The highest BCUT2D eigenvalue weighted by Crippen LogP contribution is 2.21. The third-order valence-corrected chi connectivity index (χ3v) is 3.20. The highest BCUT2D eigenvalue weighted by molar-refractivity contribution is 5.85. The van der Waals surface area contributed by atoms with Crippen LogP contribution < -0.4 is 5.32 Å². The third-order valence-electron chi connectivity index (χ3n) is 3.20. The second-order valence-corrected chi connectivity index (χ2v) is 4.37. The van der Waals surface area contributed by atoms with E-state index in [1.807, 2.05) is 12.1 Å². The zero-order chi connectivity index (χ0) is 11.4. The van der Waals surface area contributed by atoms with Crippen LogP contribution >= 0.6 is 12.4 Å².